The van der Waals surface area contributed by atoms with Gasteiger partial charge in [0.1, 0.15) is 23.0 Å². The lowest BCUT2D eigenvalue weighted by Gasteiger charge is -2.24. The molecule has 0 fully saturated rings. The zero-order valence-corrected chi connectivity index (χ0v) is 16.6. The van der Waals surface area contributed by atoms with Crippen LogP contribution in [0.5, 0.6) is 23.0 Å². The monoisotopic (exact) mass is 409 g/mol. The molecule has 4 aromatic carbocycles. The molecule has 0 bridgehead atoms. The Hall–Kier alpha value is -4.18. The molecule has 0 aliphatic heterocycles. The third-order valence-electron chi connectivity index (χ3n) is 5.05. The number of benzene rings is 4. The van der Waals surface area contributed by atoms with E-state index in [4.69, 9.17) is 0 Å². The van der Waals surface area contributed by atoms with Crippen LogP contribution >= 0.6 is 0 Å². The number of phenolic OH excluding ortho intramolecular Hbond substituents is 4. The minimum absolute atomic E-state index is 0.0272. The largest absolute Gasteiger partial charge is 0.508 e. The summed E-state index contributed by atoms with van der Waals surface area (Å²) in [6.45, 7) is 0. The fourth-order valence-corrected chi connectivity index (χ4v) is 3.56. The molecule has 31 heavy (non-hydrogen) atoms. The molecule has 0 unspecified atom stereocenters. The molecule has 0 saturated heterocycles. The van der Waals surface area contributed by atoms with Crippen LogP contribution in [0.25, 0.3) is 11.6 Å². The molecule has 0 aliphatic carbocycles. The van der Waals surface area contributed by atoms with Crippen LogP contribution in [0.3, 0.4) is 0 Å². The zero-order valence-electron chi connectivity index (χ0n) is 16.6. The van der Waals surface area contributed by atoms with E-state index in [1.54, 1.807) is 103 Å². The van der Waals surface area contributed by atoms with Gasteiger partial charge in [0.15, 0.2) is 0 Å². The van der Waals surface area contributed by atoms with E-state index in [1.165, 1.54) is 0 Å². The average molecular weight is 409 g/mol. The number of hydrogen-bond donors (Lipinski definition) is 4. The van der Waals surface area contributed by atoms with Gasteiger partial charge < -0.3 is 20.4 Å². The van der Waals surface area contributed by atoms with Gasteiger partial charge in [0.2, 0.25) is 0 Å². The minimum Gasteiger partial charge on any atom is -0.508 e. The van der Waals surface area contributed by atoms with Crippen molar-refractivity contribution in [2.75, 3.05) is 0 Å². The Labute approximate surface area is 180 Å². The predicted octanol–water partition coefficient (Wildman–Crippen LogP) is 5.72. The van der Waals surface area contributed by atoms with E-state index < -0.39 is 0 Å². The van der Waals surface area contributed by atoms with Crippen LogP contribution in [0.15, 0.2) is 97.1 Å². The summed E-state index contributed by atoms with van der Waals surface area (Å²) in [7, 11) is 0. The lowest BCUT2D eigenvalue weighted by Crippen LogP contribution is -2.07. The number of phenols is 4. The number of rotatable bonds is 5. The lowest BCUT2D eigenvalue weighted by molar-refractivity contribution is 0.465. The summed E-state index contributed by atoms with van der Waals surface area (Å²) in [5.74, 6) is 0.677. The summed E-state index contributed by atoms with van der Waals surface area (Å²) >= 11 is 0. The van der Waals surface area contributed by atoms with Crippen LogP contribution in [0.1, 0.15) is 22.3 Å². The van der Waals surface area contributed by atoms with Crippen molar-refractivity contribution in [2.24, 2.45) is 0 Å². The van der Waals surface area contributed by atoms with E-state index >= 15 is 0 Å². The molecule has 0 saturated carbocycles. The highest BCUT2D eigenvalue weighted by Gasteiger charge is 2.28. The van der Waals surface area contributed by atoms with E-state index in [1.807, 2.05) is 0 Å². The first-order valence-corrected chi connectivity index (χ1v) is 9.78. The lowest BCUT2D eigenvalue weighted by atomic mass is 9.79. The van der Waals surface area contributed by atoms with Gasteiger partial charge in [-0.05, 0) is 35.9 Å². The molecule has 0 aliphatic rings. The first-order valence-electron chi connectivity index (χ1n) is 9.78. The van der Waals surface area contributed by atoms with E-state index in [-0.39, 0.29) is 23.0 Å². The average Bonchev–Trinajstić information content (AvgIpc) is 2.77. The maximum absolute atomic E-state index is 10.7. The fraction of sp³-hybridized carbons (Fsp3) is 0. The Kier molecular flexibility index (Phi) is 5.63. The summed E-state index contributed by atoms with van der Waals surface area (Å²) in [5.41, 5.74) is 2.52. The second-order valence-electron chi connectivity index (χ2n) is 7.04. The van der Waals surface area contributed by atoms with Gasteiger partial charge >= 0.3 is 0 Å². The molecule has 1 radical (unpaired) electrons. The number of hydrogen-bond acceptors (Lipinski definition) is 4. The van der Waals surface area contributed by atoms with Crippen molar-refractivity contribution in [3.05, 3.63) is 125 Å². The van der Waals surface area contributed by atoms with Crippen molar-refractivity contribution in [3.63, 3.8) is 0 Å². The van der Waals surface area contributed by atoms with Crippen molar-refractivity contribution in [1.29, 1.82) is 0 Å². The molecule has 0 heterocycles. The molecule has 4 heteroatoms. The Morgan fingerprint density at radius 3 is 1.29 bits per heavy atom. The third kappa shape index (κ3) is 4.09. The summed E-state index contributed by atoms with van der Waals surface area (Å²) in [4.78, 5) is 0. The standard InChI is InChI=1S/C27H21O4/c28-23-13-5-1-9-18(23)17-22(19-10-2-6-14-24(19)29)27(20-11-3-7-15-25(20)30)21-12-4-8-16-26(21)31/h1-17,28-31H. The van der Waals surface area contributed by atoms with Crippen LogP contribution < -0.4 is 0 Å². The van der Waals surface area contributed by atoms with Gasteiger partial charge in [-0.15, -0.1) is 0 Å². The van der Waals surface area contributed by atoms with Crippen molar-refractivity contribution in [1.82, 2.24) is 0 Å². The molecular weight excluding hydrogens is 388 g/mol. The third-order valence-corrected chi connectivity index (χ3v) is 5.05. The van der Waals surface area contributed by atoms with E-state index in [0.717, 1.165) is 0 Å². The van der Waals surface area contributed by atoms with Crippen LogP contribution in [-0.2, 0) is 0 Å². The van der Waals surface area contributed by atoms with E-state index in [0.29, 0.717) is 33.7 Å². The molecule has 4 nitrogen and oxygen atoms in total. The molecule has 0 aromatic heterocycles. The SMILES string of the molecule is Oc1ccccc1C=C([C](c1ccccc1O)c1ccccc1O)c1ccccc1O. The first-order chi connectivity index (χ1) is 15.1. The summed E-state index contributed by atoms with van der Waals surface area (Å²) < 4.78 is 0. The maximum atomic E-state index is 10.7. The Morgan fingerprint density at radius 2 is 0.839 bits per heavy atom. The van der Waals surface area contributed by atoms with Gasteiger partial charge in [-0.1, -0.05) is 72.8 Å². The molecule has 0 atom stereocenters. The van der Waals surface area contributed by atoms with Gasteiger partial charge in [-0.2, -0.15) is 0 Å². The van der Waals surface area contributed by atoms with Crippen molar-refractivity contribution in [2.45, 2.75) is 0 Å². The van der Waals surface area contributed by atoms with Gasteiger partial charge in [0, 0.05) is 22.3 Å². The summed E-state index contributed by atoms with van der Waals surface area (Å²) in [6.07, 6.45) is 1.73. The minimum atomic E-state index is 0.0272. The van der Waals surface area contributed by atoms with Crippen molar-refractivity contribution < 1.29 is 20.4 Å². The van der Waals surface area contributed by atoms with E-state index in [9.17, 15) is 20.4 Å². The topological polar surface area (TPSA) is 80.9 Å². The van der Waals surface area contributed by atoms with Crippen LogP contribution in [0.4, 0.5) is 0 Å². The Bertz CT molecular complexity index is 1200. The number of para-hydroxylation sites is 4. The second kappa shape index (κ2) is 8.67. The Morgan fingerprint density at radius 1 is 0.452 bits per heavy atom. The molecule has 153 valence electrons. The van der Waals surface area contributed by atoms with Gasteiger partial charge in [0.25, 0.3) is 0 Å². The molecule has 0 amide bonds. The summed E-state index contributed by atoms with van der Waals surface area (Å²) in [6, 6.07) is 27.3. The van der Waals surface area contributed by atoms with Crippen LogP contribution in [0.2, 0.25) is 0 Å². The molecule has 0 spiro atoms. The Balaban J connectivity index is 2.06. The van der Waals surface area contributed by atoms with Crippen molar-refractivity contribution >= 4 is 11.6 Å². The second-order valence-corrected chi connectivity index (χ2v) is 7.04. The zero-order chi connectivity index (χ0) is 21.8. The first kappa shape index (κ1) is 20.1. The van der Waals surface area contributed by atoms with Gasteiger partial charge in [-0.25, -0.2) is 0 Å². The van der Waals surface area contributed by atoms with Crippen LogP contribution in [0, 0.1) is 5.92 Å². The van der Waals surface area contributed by atoms with Gasteiger partial charge in [0.05, 0.1) is 5.92 Å². The molecule has 4 aromatic rings. The molecular formula is C27H21O4. The molecule has 4 N–H and O–H groups in total. The van der Waals surface area contributed by atoms with Gasteiger partial charge in [-0.3, -0.25) is 0 Å². The van der Waals surface area contributed by atoms with E-state index in [2.05, 4.69) is 0 Å². The highest BCUT2D eigenvalue weighted by Crippen LogP contribution is 2.46. The van der Waals surface area contributed by atoms with Crippen molar-refractivity contribution in [3.8, 4) is 23.0 Å². The highest BCUT2D eigenvalue weighted by atomic mass is 16.3. The summed E-state index contributed by atoms with van der Waals surface area (Å²) in [5, 5.41) is 42.4. The van der Waals surface area contributed by atoms with Crippen LogP contribution in [-0.4, -0.2) is 20.4 Å². The highest BCUT2D eigenvalue weighted by molar-refractivity contribution is 5.98. The normalized spacial score (nSPS) is 11.6. The predicted molar refractivity (Wildman–Crippen MR) is 122 cm³/mol. The molecule has 4 rings (SSSR count). The fourth-order valence-electron chi connectivity index (χ4n) is 3.56. The quantitative estimate of drug-likeness (QED) is 0.318. The smallest absolute Gasteiger partial charge is 0.123 e. The number of aromatic hydroxyl groups is 4. The number of allylic oxidation sites excluding steroid dienone is 1. The maximum Gasteiger partial charge on any atom is 0.123 e.